The number of rotatable bonds is 5. The molecule has 0 aromatic heterocycles. The third-order valence-corrected chi connectivity index (χ3v) is 2.02. The number of unbranched alkanes of at least 4 members (excludes halogenated alkanes) is 1. The quantitative estimate of drug-likeness (QED) is 0.390. The molecule has 0 aromatic rings. The van der Waals surface area contributed by atoms with Gasteiger partial charge in [0.1, 0.15) is 0 Å². The van der Waals surface area contributed by atoms with Crippen molar-refractivity contribution in [2.45, 2.75) is 40.0 Å². The Kier molecular flexibility index (Phi) is 6.03. The molecule has 1 heteroatoms. The smallest absolute Gasteiger partial charge is 0.0272 e. The molecule has 0 aliphatic rings. The molecule has 0 aliphatic heterocycles. The standard InChI is InChI=1S/C12H21N/c1-5-6-7-8-9-12(10(2)3)11(4)13/h5-6H,4,7-9,13H2,1-3H3/b6-5-. The van der Waals surface area contributed by atoms with E-state index in [-0.39, 0.29) is 0 Å². The first-order valence-corrected chi connectivity index (χ1v) is 4.81. The lowest BCUT2D eigenvalue weighted by molar-refractivity contribution is 0.826. The van der Waals surface area contributed by atoms with Gasteiger partial charge in [0.25, 0.3) is 0 Å². The normalized spacial score (nSPS) is 10.4. The van der Waals surface area contributed by atoms with Crippen LogP contribution in [0, 0.1) is 0 Å². The predicted molar refractivity (Wildman–Crippen MR) is 60.4 cm³/mol. The topological polar surface area (TPSA) is 26.0 Å². The molecular formula is C12H21N. The lowest BCUT2D eigenvalue weighted by atomic mass is 10.0. The van der Waals surface area contributed by atoms with Crippen molar-refractivity contribution >= 4 is 0 Å². The molecule has 13 heavy (non-hydrogen) atoms. The third-order valence-electron chi connectivity index (χ3n) is 2.02. The molecule has 0 aliphatic carbocycles. The van der Waals surface area contributed by atoms with Gasteiger partial charge in [-0.05, 0) is 45.6 Å². The summed E-state index contributed by atoms with van der Waals surface area (Å²) in [5.41, 5.74) is 8.92. The van der Waals surface area contributed by atoms with Crippen molar-refractivity contribution < 1.29 is 0 Å². The Morgan fingerprint density at radius 2 is 2.00 bits per heavy atom. The zero-order valence-corrected chi connectivity index (χ0v) is 9.06. The van der Waals surface area contributed by atoms with E-state index < -0.39 is 0 Å². The van der Waals surface area contributed by atoms with Crippen molar-refractivity contribution in [1.29, 1.82) is 0 Å². The highest BCUT2D eigenvalue weighted by atomic mass is 14.6. The van der Waals surface area contributed by atoms with Crippen molar-refractivity contribution in [1.82, 2.24) is 0 Å². The maximum absolute atomic E-state index is 5.68. The molecule has 0 fully saturated rings. The van der Waals surface area contributed by atoms with Gasteiger partial charge in [0.2, 0.25) is 0 Å². The first-order chi connectivity index (χ1) is 6.09. The summed E-state index contributed by atoms with van der Waals surface area (Å²) in [7, 11) is 0. The van der Waals surface area contributed by atoms with Gasteiger partial charge >= 0.3 is 0 Å². The van der Waals surface area contributed by atoms with Crippen LogP contribution in [0.15, 0.2) is 35.6 Å². The summed E-state index contributed by atoms with van der Waals surface area (Å²) in [6.07, 6.45) is 7.59. The molecule has 0 saturated heterocycles. The Morgan fingerprint density at radius 3 is 2.38 bits per heavy atom. The molecule has 1 nitrogen and oxygen atoms in total. The Labute approximate surface area is 82.0 Å². The highest BCUT2D eigenvalue weighted by Crippen LogP contribution is 2.16. The summed E-state index contributed by atoms with van der Waals surface area (Å²) in [6.45, 7) is 10.00. The van der Waals surface area contributed by atoms with Crippen LogP contribution >= 0.6 is 0 Å². The lowest BCUT2D eigenvalue weighted by Gasteiger charge is -2.08. The van der Waals surface area contributed by atoms with Crippen molar-refractivity contribution in [2.24, 2.45) is 5.73 Å². The van der Waals surface area contributed by atoms with Crippen molar-refractivity contribution in [3.05, 3.63) is 35.6 Å². The van der Waals surface area contributed by atoms with Gasteiger partial charge in [-0.25, -0.2) is 0 Å². The molecule has 0 radical (unpaired) electrons. The fourth-order valence-electron chi connectivity index (χ4n) is 1.30. The van der Waals surface area contributed by atoms with E-state index in [1.165, 1.54) is 11.1 Å². The second kappa shape index (κ2) is 6.53. The summed E-state index contributed by atoms with van der Waals surface area (Å²) >= 11 is 0. The van der Waals surface area contributed by atoms with Gasteiger partial charge in [0.15, 0.2) is 0 Å². The zero-order chi connectivity index (χ0) is 10.3. The average Bonchev–Trinajstić information content (AvgIpc) is 2.02. The fraction of sp³-hybridized carbons (Fsp3) is 0.500. The maximum atomic E-state index is 5.68. The highest BCUT2D eigenvalue weighted by molar-refractivity contribution is 5.29. The minimum atomic E-state index is 0.723. The highest BCUT2D eigenvalue weighted by Gasteiger charge is 2.00. The molecule has 0 spiro atoms. The molecule has 74 valence electrons. The number of hydrogen-bond donors (Lipinski definition) is 1. The van der Waals surface area contributed by atoms with Crippen molar-refractivity contribution in [3.63, 3.8) is 0 Å². The average molecular weight is 179 g/mol. The molecule has 2 N–H and O–H groups in total. The van der Waals surface area contributed by atoms with E-state index in [4.69, 9.17) is 5.73 Å². The van der Waals surface area contributed by atoms with Gasteiger partial charge in [0, 0.05) is 5.70 Å². The Morgan fingerprint density at radius 1 is 1.38 bits per heavy atom. The molecule has 0 unspecified atom stereocenters. The number of allylic oxidation sites excluding steroid dienone is 4. The van der Waals surface area contributed by atoms with Gasteiger partial charge in [-0.2, -0.15) is 0 Å². The summed E-state index contributed by atoms with van der Waals surface area (Å²) in [5, 5.41) is 0. The molecular weight excluding hydrogens is 158 g/mol. The first-order valence-electron chi connectivity index (χ1n) is 4.81. The summed E-state index contributed by atoms with van der Waals surface area (Å²) in [5.74, 6) is 0. The van der Waals surface area contributed by atoms with Crippen LogP contribution in [0.1, 0.15) is 40.0 Å². The van der Waals surface area contributed by atoms with Crippen LogP contribution in [0.2, 0.25) is 0 Å². The van der Waals surface area contributed by atoms with Gasteiger partial charge in [0.05, 0.1) is 0 Å². The van der Waals surface area contributed by atoms with E-state index in [1.54, 1.807) is 0 Å². The van der Waals surface area contributed by atoms with Crippen LogP contribution in [0.5, 0.6) is 0 Å². The van der Waals surface area contributed by atoms with E-state index in [0.29, 0.717) is 0 Å². The SMILES string of the molecule is C=C(N)C(CCC/C=C\C)=C(C)C. The van der Waals surface area contributed by atoms with Crippen LogP contribution in [0.25, 0.3) is 0 Å². The molecule has 0 rings (SSSR count). The van der Waals surface area contributed by atoms with E-state index in [2.05, 4.69) is 32.6 Å². The van der Waals surface area contributed by atoms with Gasteiger partial charge < -0.3 is 5.73 Å². The molecule has 0 heterocycles. The molecule has 0 saturated carbocycles. The predicted octanol–water partition coefficient (Wildman–Crippen LogP) is 3.54. The van der Waals surface area contributed by atoms with Crippen molar-refractivity contribution in [2.75, 3.05) is 0 Å². The van der Waals surface area contributed by atoms with Gasteiger partial charge in [-0.15, -0.1) is 0 Å². The second-order valence-corrected chi connectivity index (χ2v) is 3.47. The first kappa shape index (κ1) is 12.0. The van der Waals surface area contributed by atoms with E-state index >= 15 is 0 Å². The number of hydrogen-bond acceptors (Lipinski definition) is 1. The van der Waals surface area contributed by atoms with E-state index in [0.717, 1.165) is 25.0 Å². The monoisotopic (exact) mass is 179 g/mol. The molecule has 0 atom stereocenters. The van der Waals surface area contributed by atoms with Crippen LogP contribution in [-0.4, -0.2) is 0 Å². The fourth-order valence-corrected chi connectivity index (χ4v) is 1.30. The molecule has 0 amide bonds. The largest absolute Gasteiger partial charge is 0.399 e. The molecule has 0 aromatic carbocycles. The van der Waals surface area contributed by atoms with Crippen LogP contribution in [-0.2, 0) is 0 Å². The zero-order valence-electron chi connectivity index (χ0n) is 9.06. The third kappa shape index (κ3) is 5.29. The van der Waals surface area contributed by atoms with Gasteiger partial charge in [-0.1, -0.05) is 24.3 Å². The lowest BCUT2D eigenvalue weighted by Crippen LogP contribution is -2.01. The van der Waals surface area contributed by atoms with Crippen LogP contribution in [0.3, 0.4) is 0 Å². The van der Waals surface area contributed by atoms with Crippen LogP contribution < -0.4 is 5.73 Å². The Bertz CT molecular complexity index is 217. The summed E-state index contributed by atoms with van der Waals surface area (Å²) in [6, 6.07) is 0. The van der Waals surface area contributed by atoms with Gasteiger partial charge in [-0.3, -0.25) is 0 Å². The summed E-state index contributed by atoms with van der Waals surface area (Å²) < 4.78 is 0. The minimum Gasteiger partial charge on any atom is -0.399 e. The summed E-state index contributed by atoms with van der Waals surface area (Å²) in [4.78, 5) is 0. The number of nitrogens with two attached hydrogens (primary N) is 1. The van der Waals surface area contributed by atoms with E-state index in [1.807, 2.05) is 6.92 Å². The second-order valence-electron chi connectivity index (χ2n) is 3.47. The minimum absolute atomic E-state index is 0.723. The van der Waals surface area contributed by atoms with Crippen LogP contribution in [0.4, 0.5) is 0 Å². The molecule has 0 bridgehead atoms. The Balaban J connectivity index is 4.01. The van der Waals surface area contributed by atoms with Crippen molar-refractivity contribution in [3.8, 4) is 0 Å². The maximum Gasteiger partial charge on any atom is 0.0272 e. The van der Waals surface area contributed by atoms with E-state index in [9.17, 15) is 0 Å². The Hall–Kier alpha value is -0.980.